The van der Waals surface area contributed by atoms with Gasteiger partial charge in [-0.3, -0.25) is 4.79 Å². The van der Waals surface area contributed by atoms with E-state index in [9.17, 15) is 4.79 Å². The predicted molar refractivity (Wildman–Crippen MR) is 61.3 cm³/mol. The van der Waals surface area contributed by atoms with Gasteiger partial charge < -0.3 is 10.2 Å². The van der Waals surface area contributed by atoms with Crippen LogP contribution in [0.2, 0.25) is 0 Å². The largest absolute Gasteiger partial charge is 0.342 e. The topological polar surface area (TPSA) is 32.3 Å². The smallest absolute Gasteiger partial charge is 0.236 e. The molecule has 0 bridgehead atoms. The van der Waals surface area contributed by atoms with Gasteiger partial charge in [0.05, 0.1) is 6.54 Å². The van der Waals surface area contributed by atoms with E-state index in [1.54, 1.807) is 0 Å². The van der Waals surface area contributed by atoms with Gasteiger partial charge in [0.1, 0.15) is 0 Å². The van der Waals surface area contributed by atoms with Crippen LogP contribution in [0.25, 0.3) is 0 Å². The first-order chi connectivity index (χ1) is 7.24. The Labute approximate surface area is 92.2 Å². The van der Waals surface area contributed by atoms with Crippen LogP contribution in [0, 0.1) is 12.3 Å². The standard InChI is InChI=1S/C12H20N2O/c1-3-7-11(2)13-10-12(15)14-8-5-4-6-9-14/h1,11,13H,4-10H2,2H3. The first kappa shape index (κ1) is 12.1. The van der Waals surface area contributed by atoms with Crippen molar-refractivity contribution < 1.29 is 4.79 Å². The van der Waals surface area contributed by atoms with Crippen molar-refractivity contribution in [3.8, 4) is 12.3 Å². The summed E-state index contributed by atoms with van der Waals surface area (Å²) >= 11 is 0. The van der Waals surface area contributed by atoms with Gasteiger partial charge in [-0.25, -0.2) is 0 Å². The van der Waals surface area contributed by atoms with Gasteiger partial charge in [0.25, 0.3) is 0 Å². The predicted octanol–water partition coefficient (Wildman–Crippen LogP) is 1.00. The fourth-order valence-electron chi connectivity index (χ4n) is 1.77. The summed E-state index contributed by atoms with van der Waals surface area (Å²) < 4.78 is 0. The molecule has 1 heterocycles. The highest BCUT2D eigenvalue weighted by atomic mass is 16.2. The molecule has 0 aromatic carbocycles. The second kappa shape index (κ2) is 6.47. The Morgan fingerprint density at radius 3 is 2.73 bits per heavy atom. The van der Waals surface area contributed by atoms with Crippen molar-refractivity contribution in [2.45, 2.75) is 38.6 Å². The van der Waals surface area contributed by atoms with E-state index in [1.165, 1.54) is 6.42 Å². The molecule has 1 amide bonds. The maximum absolute atomic E-state index is 11.7. The summed E-state index contributed by atoms with van der Waals surface area (Å²) in [5.74, 6) is 2.79. The lowest BCUT2D eigenvalue weighted by molar-refractivity contribution is -0.131. The summed E-state index contributed by atoms with van der Waals surface area (Å²) in [7, 11) is 0. The van der Waals surface area contributed by atoms with Crippen molar-refractivity contribution in [3.63, 3.8) is 0 Å². The number of hydrogen-bond donors (Lipinski definition) is 1. The van der Waals surface area contributed by atoms with Crippen molar-refractivity contribution >= 4 is 5.91 Å². The van der Waals surface area contributed by atoms with Gasteiger partial charge in [-0.2, -0.15) is 0 Å². The lowest BCUT2D eigenvalue weighted by Gasteiger charge is -2.27. The minimum atomic E-state index is 0.207. The number of hydrogen-bond acceptors (Lipinski definition) is 2. The number of amides is 1. The van der Waals surface area contributed by atoms with Crippen molar-refractivity contribution in [1.29, 1.82) is 0 Å². The zero-order chi connectivity index (χ0) is 11.1. The molecule has 0 aromatic heterocycles. The molecule has 0 aromatic rings. The van der Waals surface area contributed by atoms with Crippen molar-refractivity contribution in [1.82, 2.24) is 10.2 Å². The van der Waals surface area contributed by atoms with E-state index in [-0.39, 0.29) is 11.9 Å². The van der Waals surface area contributed by atoms with Crippen LogP contribution in [0.1, 0.15) is 32.6 Å². The second-order valence-corrected chi connectivity index (χ2v) is 4.13. The minimum Gasteiger partial charge on any atom is -0.342 e. The van der Waals surface area contributed by atoms with E-state index in [4.69, 9.17) is 6.42 Å². The number of likely N-dealkylation sites (tertiary alicyclic amines) is 1. The lowest BCUT2D eigenvalue weighted by atomic mass is 10.1. The third-order valence-corrected chi connectivity index (χ3v) is 2.73. The van der Waals surface area contributed by atoms with Gasteiger partial charge in [0.15, 0.2) is 0 Å². The van der Waals surface area contributed by atoms with Crippen LogP contribution >= 0.6 is 0 Å². The fourth-order valence-corrected chi connectivity index (χ4v) is 1.77. The van der Waals surface area contributed by atoms with Gasteiger partial charge in [0, 0.05) is 25.6 Å². The summed E-state index contributed by atoms with van der Waals surface area (Å²) in [5.41, 5.74) is 0. The summed E-state index contributed by atoms with van der Waals surface area (Å²) in [6.07, 6.45) is 9.41. The minimum absolute atomic E-state index is 0.207. The molecule has 0 radical (unpaired) electrons. The summed E-state index contributed by atoms with van der Waals surface area (Å²) in [6.45, 7) is 4.26. The van der Waals surface area contributed by atoms with Crippen LogP contribution in [0.4, 0.5) is 0 Å². The summed E-state index contributed by atoms with van der Waals surface area (Å²) in [6, 6.07) is 0.226. The van der Waals surface area contributed by atoms with E-state index < -0.39 is 0 Å². The van der Waals surface area contributed by atoms with Gasteiger partial charge in [-0.05, 0) is 26.2 Å². The Morgan fingerprint density at radius 2 is 2.13 bits per heavy atom. The average molecular weight is 208 g/mol. The number of rotatable bonds is 4. The fraction of sp³-hybridized carbons (Fsp3) is 0.750. The van der Waals surface area contributed by atoms with Crippen molar-refractivity contribution in [3.05, 3.63) is 0 Å². The van der Waals surface area contributed by atoms with E-state index in [1.807, 2.05) is 11.8 Å². The molecular formula is C12H20N2O. The van der Waals surface area contributed by atoms with E-state index >= 15 is 0 Å². The van der Waals surface area contributed by atoms with E-state index in [0.717, 1.165) is 25.9 Å². The maximum Gasteiger partial charge on any atom is 0.236 e. The lowest BCUT2D eigenvalue weighted by Crippen LogP contribution is -2.43. The Morgan fingerprint density at radius 1 is 1.47 bits per heavy atom. The Hall–Kier alpha value is -1.01. The maximum atomic E-state index is 11.7. The Bertz CT molecular complexity index is 238. The Kier molecular flexibility index (Phi) is 5.20. The third kappa shape index (κ3) is 4.35. The monoisotopic (exact) mass is 208 g/mol. The number of carbonyl (C=O) groups is 1. The van der Waals surface area contributed by atoms with Gasteiger partial charge in [-0.15, -0.1) is 12.3 Å². The molecule has 1 rings (SSSR count). The Balaban J connectivity index is 2.20. The summed E-state index contributed by atoms with van der Waals surface area (Å²) in [4.78, 5) is 13.7. The molecule has 1 fully saturated rings. The molecule has 0 spiro atoms. The van der Waals surface area contributed by atoms with Gasteiger partial charge in [0.2, 0.25) is 5.91 Å². The van der Waals surface area contributed by atoms with Crippen molar-refractivity contribution in [2.75, 3.05) is 19.6 Å². The van der Waals surface area contributed by atoms with Crippen LogP contribution < -0.4 is 5.32 Å². The van der Waals surface area contributed by atoms with Crippen LogP contribution in [0.3, 0.4) is 0 Å². The molecule has 1 saturated heterocycles. The van der Waals surface area contributed by atoms with Crippen LogP contribution in [0.15, 0.2) is 0 Å². The molecule has 3 heteroatoms. The molecule has 1 N–H and O–H groups in total. The molecular weight excluding hydrogens is 188 g/mol. The van der Waals surface area contributed by atoms with Crippen LogP contribution in [-0.4, -0.2) is 36.5 Å². The third-order valence-electron chi connectivity index (χ3n) is 2.73. The zero-order valence-corrected chi connectivity index (χ0v) is 9.46. The molecule has 1 atom stereocenters. The zero-order valence-electron chi connectivity index (χ0n) is 9.46. The van der Waals surface area contributed by atoms with Crippen molar-refractivity contribution in [2.24, 2.45) is 0 Å². The first-order valence-electron chi connectivity index (χ1n) is 5.68. The van der Waals surface area contributed by atoms with Crippen LogP contribution in [-0.2, 0) is 4.79 Å². The second-order valence-electron chi connectivity index (χ2n) is 4.13. The number of nitrogens with one attached hydrogen (secondary N) is 1. The highest BCUT2D eigenvalue weighted by Crippen LogP contribution is 2.08. The SMILES string of the molecule is C#CCC(C)NCC(=O)N1CCCCC1. The number of terminal acetylenes is 1. The number of piperidine rings is 1. The molecule has 1 unspecified atom stereocenters. The first-order valence-corrected chi connectivity index (χ1v) is 5.68. The molecule has 15 heavy (non-hydrogen) atoms. The molecule has 84 valence electrons. The number of carbonyl (C=O) groups excluding carboxylic acids is 1. The average Bonchev–Trinajstić information content (AvgIpc) is 2.27. The quantitative estimate of drug-likeness (QED) is 0.699. The number of nitrogens with zero attached hydrogens (tertiary/aromatic N) is 1. The molecule has 3 nitrogen and oxygen atoms in total. The van der Waals surface area contributed by atoms with Gasteiger partial charge >= 0.3 is 0 Å². The molecule has 1 aliphatic heterocycles. The molecule has 0 saturated carbocycles. The molecule has 1 aliphatic rings. The van der Waals surface area contributed by atoms with E-state index in [0.29, 0.717) is 13.0 Å². The van der Waals surface area contributed by atoms with Crippen LogP contribution in [0.5, 0.6) is 0 Å². The highest BCUT2D eigenvalue weighted by Gasteiger charge is 2.16. The molecule has 0 aliphatic carbocycles. The van der Waals surface area contributed by atoms with E-state index in [2.05, 4.69) is 11.2 Å². The normalized spacial score (nSPS) is 18.3. The summed E-state index contributed by atoms with van der Waals surface area (Å²) in [5, 5.41) is 3.15. The van der Waals surface area contributed by atoms with Gasteiger partial charge in [-0.1, -0.05) is 0 Å². The highest BCUT2D eigenvalue weighted by molar-refractivity contribution is 5.78.